The largest absolute Gasteiger partial charge is 0.311 e. The molecule has 4 aliphatic heterocycles. The molecule has 0 atom stereocenters. The lowest BCUT2D eigenvalue weighted by Gasteiger charge is -2.48. The molecular weight excluding hydrogens is 1090 g/mol. The van der Waals surface area contributed by atoms with E-state index in [1.807, 2.05) is 24.3 Å². The third-order valence-electron chi connectivity index (χ3n) is 18.2. The van der Waals surface area contributed by atoms with Gasteiger partial charge in [0.2, 0.25) is 0 Å². The molecule has 0 radical (unpaired) electrons. The van der Waals surface area contributed by atoms with Crippen LogP contribution in [0.25, 0.3) is 0 Å². The van der Waals surface area contributed by atoms with Crippen LogP contribution in [0.3, 0.4) is 0 Å². The molecular formula is C80H52B2N8. The summed E-state index contributed by atoms with van der Waals surface area (Å²) in [6.45, 7) is -0.718. The Balaban J connectivity index is 1.03. The Kier molecular flexibility index (Phi) is 12.4. The summed E-state index contributed by atoms with van der Waals surface area (Å²) in [5.74, 6) is 0. The minimum absolute atomic E-state index is 0.359. The van der Waals surface area contributed by atoms with Gasteiger partial charge in [0.05, 0.1) is 33.9 Å². The van der Waals surface area contributed by atoms with E-state index in [-0.39, 0.29) is 13.4 Å². The zero-order chi connectivity index (χ0) is 59.8. The summed E-state index contributed by atoms with van der Waals surface area (Å²) < 4.78 is 0. The summed E-state index contributed by atoms with van der Waals surface area (Å²) in [4.78, 5) is 14.0. The van der Waals surface area contributed by atoms with Crippen molar-refractivity contribution in [1.82, 2.24) is 0 Å². The molecule has 0 spiro atoms. The Bertz CT molecular complexity index is 4620. The van der Waals surface area contributed by atoms with Crippen LogP contribution in [0.4, 0.5) is 102 Å². The zero-order valence-corrected chi connectivity index (χ0v) is 48.8. The molecule has 0 amide bonds. The number of anilines is 18. The third-order valence-corrected chi connectivity index (χ3v) is 18.2. The van der Waals surface area contributed by atoms with Crippen molar-refractivity contribution in [3.8, 4) is 12.1 Å². The highest BCUT2D eigenvalue weighted by Crippen LogP contribution is 2.54. The second-order valence-corrected chi connectivity index (χ2v) is 23.0. The predicted octanol–water partition coefficient (Wildman–Crippen LogP) is 16.5. The zero-order valence-electron chi connectivity index (χ0n) is 48.8. The first kappa shape index (κ1) is 52.1. The van der Waals surface area contributed by atoms with Gasteiger partial charge in [0.1, 0.15) is 12.1 Å². The Morgan fingerprint density at radius 1 is 0.256 bits per heavy atom. The maximum absolute atomic E-state index is 12.4. The van der Waals surface area contributed by atoms with Gasteiger partial charge in [-0.2, -0.15) is 10.5 Å². The van der Waals surface area contributed by atoms with E-state index in [9.17, 15) is 10.5 Å². The molecule has 17 rings (SSSR count). The van der Waals surface area contributed by atoms with Crippen LogP contribution in [0.15, 0.2) is 315 Å². The first-order valence-corrected chi connectivity index (χ1v) is 30.5. The number of rotatable bonds is 10. The molecule has 13 aromatic rings. The SMILES string of the molecule is N#Cc1c(N(c2ccccc2)c2ccccc2)cc2c3c1N(c1ccccc1)c1cc4c(cc1B3c1ccccc1N2c1ccccc1)B1c2ccccc2N(c2ccccc2)c2cc(N(c3ccccc3)c3ccccc3)c(C#N)c(c21)N4c1ccccc1. The van der Waals surface area contributed by atoms with Gasteiger partial charge < -0.3 is 29.4 Å². The fraction of sp³-hybridized carbons (Fsp3) is 0. The van der Waals surface area contributed by atoms with E-state index in [4.69, 9.17) is 0 Å². The minimum Gasteiger partial charge on any atom is -0.311 e. The summed E-state index contributed by atoms with van der Waals surface area (Å²) in [5.41, 5.74) is 24.1. The van der Waals surface area contributed by atoms with Crippen molar-refractivity contribution in [2.24, 2.45) is 0 Å². The third kappa shape index (κ3) is 8.02. The summed E-state index contributed by atoms with van der Waals surface area (Å²) in [7, 11) is 0. The molecule has 0 aliphatic carbocycles. The smallest absolute Gasteiger partial charge is 0.252 e. The Morgan fingerprint density at radius 3 is 0.844 bits per heavy atom. The quantitative estimate of drug-likeness (QED) is 0.126. The molecule has 0 bridgehead atoms. The summed E-state index contributed by atoms with van der Waals surface area (Å²) in [6, 6.07) is 117. The number of benzene rings is 13. The van der Waals surface area contributed by atoms with Gasteiger partial charge in [-0.15, -0.1) is 0 Å². The van der Waals surface area contributed by atoms with Gasteiger partial charge in [0.15, 0.2) is 0 Å². The van der Waals surface area contributed by atoms with Gasteiger partial charge in [-0.1, -0.05) is 188 Å². The number of nitrogens with zero attached hydrogens (tertiary/aromatic N) is 8. The molecule has 0 saturated carbocycles. The molecule has 0 fully saturated rings. The van der Waals surface area contributed by atoms with Crippen LogP contribution in [0.5, 0.6) is 0 Å². The van der Waals surface area contributed by atoms with Gasteiger partial charge in [-0.25, -0.2) is 0 Å². The lowest BCUT2D eigenvalue weighted by atomic mass is 9.30. The molecule has 8 nitrogen and oxygen atoms in total. The van der Waals surface area contributed by atoms with Gasteiger partial charge >= 0.3 is 0 Å². The van der Waals surface area contributed by atoms with Crippen molar-refractivity contribution in [3.63, 3.8) is 0 Å². The van der Waals surface area contributed by atoms with E-state index >= 15 is 0 Å². The lowest BCUT2D eigenvalue weighted by Crippen LogP contribution is -2.65. The van der Waals surface area contributed by atoms with Crippen molar-refractivity contribution < 1.29 is 0 Å². The molecule has 418 valence electrons. The van der Waals surface area contributed by atoms with Crippen LogP contribution in [-0.4, -0.2) is 13.4 Å². The Hall–Kier alpha value is -12.2. The van der Waals surface area contributed by atoms with E-state index in [0.717, 1.165) is 135 Å². The van der Waals surface area contributed by atoms with E-state index in [2.05, 4.69) is 333 Å². The molecule has 0 unspecified atom stereocenters. The molecule has 4 heterocycles. The van der Waals surface area contributed by atoms with Gasteiger partial charge in [-0.05, 0) is 160 Å². The van der Waals surface area contributed by atoms with Crippen molar-refractivity contribution >= 4 is 149 Å². The standard InChI is InChI=1S/C80H52B2N8/c83-53-63-71(85(55-29-9-1-10-30-55)56-31-11-2-12-32-56)50-75-77-79(63)89(61-41-21-7-22-42-61)73-52-74-68(49-67(73)81(77)65-45-25-27-47-69(65)87(75)59-37-17-5-18-38-59)82-66-46-26-28-48-70(66)88(60-39-19-6-20-40-60)76-51-72(86(57-33-13-3-14-34-57)58-35-15-4-16-36-58)64(54-84)80(78(76)82)90(74)62-43-23-8-24-44-62/h1-52H. The number of para-hydroxylation sites is 10. The van der Waals surface area contributed by atoms with Crippen LogP contribution in [0.2, 0.25) is 0 Å². The van der Waals surface area contributed by atoms with Crippen molar-refractivity contribution in [2.45, 2.75) is 0 Å². The fourth-order valence-electron chi connectivity index (χ4n) is 14.6. The second kappa shape index (κ2) is 21.3. The average molecular weight is 1150 g/mol. The molecule has 0 aromatic heterocycles. The summed E-state index contributed by atoms with van der Waals surface area (Å²) in [5, 5.41) is 24.8. The highest BCUT2D eigenvalue weighted by atomic mass is 15.2. The van der Waals surface area contributed by atoms with E-state index < -0.39 is 0 Å². The second-order valence-electron chi connectivity index (χ2n) is 23.0. The van der Waals surface area contributed by atoms with E-state index in [1.54, 1.807) is 0 Å². The van der Waals surface area contributed by atoms with Gasteiger partial charge in [0.25, 0.3) is 13.4 Å². The highest BCUT2D eigenvalue weighted by Gasteiger charge is 2.50. The normalized spacial score (nSPS) is 12.7. The number of nitriles is 2. The minimum atomic E-state index is -0.359. The van der Waals surface area contributed by atoms with E-state index in [1.165, 1.54) is 0 Å². The molecule has 0 N–H and O–H groups in total. The van der Waals surface area contributed by atoms with Crippen LogP contribution in [-0.2, 0) is 0 Å². The molecule has 13 aromatic carbocycles. The predicted molar refractivity (Wildman–Crippen MR) is 373 cm³/mol. The number of hydrogen-bond acceptors (Lipinski definition) is 8. The van der Waals surface area contributed by atoms with Crippen LogP contribution >= 0.6 is 0 Å². The first-order chi connectivity index (χ1) is 44.7. The monoisotopic (exact) mass is 1150 g/mol. The van der Waals surface area contributed by atoms with Crippen LogP contribution in [0, 0.1) is 22.7 Å². The maximum atomic E-state index is 12.4. The highest BCUT2D eigenvalue weighted by molar-refractivity contribution is 7.03. The van der Waals surface area contributed by atoms with Crippen molar-refractivity contribution in [2.75, 3.05) is 29.4 Å². The number of hydrogen-bond donors (Lipinski definition) is 0. The van der Waals surface area contributed by atoms with Gasteiger partial charge in [-0.3, -0.25) is 0 Å². The summed E-state index contributed by atoms with van der Waals surface area (Å²) in [6.07, 6.45) is 0. The maximum Gasteiger partial charge on any atom is 0.252 e. The summed E-state index contributed by atoms with van der Waals surface area (Å²) >= 11 is 0. The van der Waals surface area contributed by atoms with Crippen molar-refractivity contribution in [1.29, 1.82) is 10.5 Å². The average Bonchev–Trinajstić information content (AvgIpc) is 0.687. The van der Waals surface area contributed by atoms with E-state index in [0.29, 0.717) is 11.1 Å². The number of fused-ring (bicyclic) bond motifs is 8. The van der Waals surface area contributed by atoms with Crippen LogP contribution in [0.1, 0.15) is 11.1 Å². The Labute approximate surface area is 524 Å². The molecule has 10 heteroatoms. The van der Waals surface area contributed by atoms with Crippen LogP contribution < -0.4 is 62.2 Å². The molecule has 4 aliphatic rings. The topological polar surface area (TPSA) is 67.0 Å². The lowest BCUT2D eigenvalue weighted by molar-refractivity contribution is 1.20. The molecule has 0 saturated heterocycles. The fourth-order valence-corrected chi connectivity index (χ4v) is 14.6. The Morgan fingerprint density at radius 2 is 0.533 bits per heavy atom. The van der Waals surface area contributed by atoms with Crippen molar-refractivity contribution in [3.05, 3.63) is 327 Å². The van der Waals surface area contributed by atoms with Gasteiger partial charge in [0, 0.05) is 79.6 Å². The molecule has 90 heavy (non-hydrogen) atoms. The first-order valence-electron chi connectivity index (χ1n) is 30.5.